The second kappa shape index (κ2) is 38.5. The zero-order valence-electron chi connectivity index (χ0n) is 33.6. The molecule has 53 heavy (non-hydrogen) atoms. The van der Waals surface area contributed by atoms with Gasteiger partial charge in [-0.05, 0) is 70.6 Å². The molecule has 0 aliphatic carbocycles. The lowest BCUT2D eigenvalue weighted by Crippen LogP contribution is -2.34. The second-order valence-electron chi connectivity index (χ2n) is 14.1. The van der Waals surface area contributed by atoms with Crippen LogP contribution in [0.4, 0.5) is 0 Å². The van der Waals surface area contributed by atoms with E-state index in [9.17, 15) is 19.0 Å². The molecule has 0 radical (unpaired) electrons. The lowest BCUT2D eigenvalue weighted by Gasteiger charge is -2.20. The van der Waals surface area contributed by atoms with Gasteiger partial charge in [-0.3, -0.25) is 18.6 Å². The summed E-state index contributed by atoms with van der Waals surface area (Å²) in [5.74, 6) is -1.79. The monoisotopic (exact) mass is 772 g/mol. The first kappa shape index (κ1) is 51.2. The summed E-state index contributed by atoms with van der Waals surface area (Å²) >= 11 is 0. The number of carbonyl (C=O) groups excluding carboxylic acids is 1. The molecule has 3 atom stereocenters. The Morgan fingerprint density at radius 3 is 1.57 bits per heavy atom. The number of unbranched alkanes of at least 4 members (excludes halogenated alkanes) is 20. The van der Waals surface area contributed by atoms with Gasteiger partial charge in [0.2, 0.25) is 0 Å². The van der Waals surface area contributed by atoms with E-state index in [0.29, 0.717) is 13.0 Å². The summed E-state index contributed by atoms with van der Waals surface area (Å²) in [5.41, 5.74) is 5.35. The molecule has 4 N–H and O–H groups in total. The van der Waals surface area contributed by atoms with Crippen molar-refractivity contribution in [2.45, 2.75) is 193 Å². The maximum absolute atomic E-state index is 12.6. The standard InChI is InChI=1S/C42H78NO9P/c1-3-5-7-9-11-13-15-17-19-20-21-23-25-27-29-31-33-35-49-36-39(37-50-53(47,48)51-38-40(43)42(45)46)52-41(44)34-32-30-28-26-24-22-18-16-14-12-10-8-6-4-2/h13,15-16,18-20,39-40H,3-12,14,17,21-38,43H2,1-2H3,(H,45,46)(H,47,48)/b15-13-,18-16-,20-19-. The number of ether oxygens (including phenoxy) is 2. The minimum atomic E-state index is -4.62. The van der Waals surface area contributed by atoms with Crippen molar-refractivity contribution in [2.75, 3.05) is 26.4 Å². The third kappa shape index (κ3) is 38.3. The molecule has 0 amide bonds. The van der Waals surface area contributed by atoms with Crippen molar-refractivity contribution in [1.29, 1.82) is 0 Å². The Balaban J connectivity index is 4.29. The number of phosphoric acid groups is 1. The number of nitrogens with two attached hydrogens (primary N) is 1. The first-order valence-electron chi connectivity index (χ1n) is 21.0. The van der Waals surface area contributed by atoms with Gasteiger partial charge in [0.05, 0.1) is 19.8 Å². The summed E-state index contributed by atoms with van der Waals surface area (Å²) in [4.78, 5) is 33.5. The van der Waals surface area contributed by atoms with E-state index in [1.54, 1.807) is 0 Å². The third-order valence-corrected chi connectivity index (χ3v) is 9.84. The molecule has 0 spiro atoms. The summed E-state index contributed by atoms with van der Waals surface area (Å²) in [6.45, 7) is 3.82. The molecule has 0 fully saturated rings. The van der Waals surface area contributed by atoms with Crippen molar-refractivity contribution in [3.63, 3.8) is 0 Å². The molecule has 0 saturated carbocycles. The predicted octanol–water partition coefficient (Wildman–Crippen LogP) is 11.3. The van der Waals surface area contributed by atoms with Crippen LogP contribution >= 0.6 is 7.82 Å². The van der Waals surface area contributed by atoms with E-state index in [-0.39, 0.29) is 13.0 Å². The minimum absolute atomic E-state index is 0.00696. The van der Waals surface area contributed by atoms with E-state index in [2.05, 4.69) is 50.3 Å². The number of rotatable bonds is 40. The van der Waals surface area contributed by atoms with Crippen molar-refractivity contribution >= 4 is 19.8 Å². The fourth-order valence-electron chi connectivity index (χ4n) is 5.57. The molecule has 0 heterocycles. The minimum Gasteiger partial charge on any atom is -0.480 e. The topological polar surface area (TPSA) is 155 Å². The van der Waals surface area contributed by atoms with Crippen LogP contribution in [0.25, 0.3) is 0 Å². The summed E-state index contributed by atoms with van der Waals surface area (Å²) in [5, 5.41) is 8.88. The summed E-state index contributed by atoms with van der Waals surface area (Å²) in [7, 11) is -4.62. The number of carboxylic acids is 1. The van der Waals surface area contributed by atoms with Gasteiger partial charge < -0.3 is 25.2 Å². The van der Waals surface area contributed by atoms with Gasteiger partial charge in [-0.2, -0.15) is 0 Å². The lowest BCUT2D eigenvalue weighted by atomic mass is 10.1. The number of allylic oxidation sites excluding steroid dienone is 6. The molecule has 0 saturated heterocycles. The normalized spacial score (nSPS) is 14.3. The van der Waals surface area contributed by atoms with E-state index in [1.807, 2.05) is 0 Å². The molecular weight excluding hydrogens is 693 g/mol. The van der Waals surface area contributed by atoms with Gasteiger partial charge in [-0.15, -0.1) is 0 Å². The molecule has 0 aromatic rings. The summed E-state index contributed by atoms with van der Waals surface area (Å²) < 4.78 is 33.3. The Kier molecular flexibility index (Phi) is 37.2. The Hall–Kier alpha value is -1.81. The quantitative estimate of drug-likeness (QED) is 0.0237. The number of aliphatic carboxylic acids is 1. The number of phosphoric ester groups is 1. The fraction of sp³-hybridized carbons (Fsp3) is 0.810. The molecule has 0 bridgehead atoms. The van der Waals surface area contributed by atoms with Crippen LogP contribution in [0.15, 0.2) is 36.5 Å². The number of carbonyl (C=O) groups is 2. The summed E-state index contributed by atoms with van der Waals surface area (Å²) in [6, 6.07) is -1.48. The van der Waals surface area contributed by atoms with Gasteiger partial charge >= 0.3 is 19.8 Å². The highest BCUT2D eigenvalue weighted by Gasteiger charge is 2.27. The maximum atomic E-state index is 12.6. The first-order valence-corrected chi connectivity index (χ1v) is 22.5. The molecule has 11 heteroatoms. The van der Waals surface area contributed by atoms with Crippen LogP contribution in [-0.2, 0) is 32.7 Å². The second-order valence-corrected chi connectivity index (χ2v) is 15.6. The molecule has 0 aliphatic rings. The van der Waals surface area contributed by atoms with E-state index in [4.69, 9.17) is 29.4 Å². The predicted molar refractivity (Wildman–Crippen MR) is 217 cm³/mol. The zero-order valence-corrected chi connectivity index (χ0v) is 34.5. The van der Waals surface area contributed by atoms with Gasteiger partial charge in [0, 0.05) is 13.0 Å². The average Bonchev–Trinajstić information content (AvgIpc) is 3.13. The zero-order chi connectivity index (χ0) is 39.1. The van der Waals surface area contributed by atoms with E-state index < -0.39 is 45.1 Å². The molecular formula is C42H78NO9P. The maximum Gasteiger partial charge on any atom is 0.472 e. The van der Waals surface area contributed by atoms with E-state index in [1.165, 1.54) is 89.9 Å². The average molecular weight is 772 g/mol. The van der Waals surface area contributed by atoms with E-state index >= 15 is 0 Å². The highest BCUT2D eigenvalue weighted by molar-refractivity contribution is 7.47. The number of esters is 1. The van der Waals surface area contributed by atoms with Crippen molar-refractivity contribution in [3.05, 3.63) is 36.5 Å². The van der Waals surface area contributed by atoms with Crippen molar-refractivity contribution in [2.24, 2.45) is 5.73 Å². The number of carboxylic acid groups (broad SMARTS) is 1. The fourth-order valence-corrected chi connectivity index (χ4v) is 6.35. The van der Waals surface area contributed by atoms with Crippen molar-refractivity contribution < 1.29 is 42.7 Å². The number of hydrogen-bond acceptors (Lipinski definition) is 8. The highest BCUT2D eigenvalue weighted by Crippen LogP contribution is 2.43. The molecule has 0 aromatic heterocycles. The van der Waals surface area contributed by atoms with Crippen LogP contribution < -0.4 is 5.73 Å². The van der Waals surface area contributed by atoms with Crippen molar-refractivity contribution in [3.8, 4) is 0 Å². The largest absolute Gasteiger partial charge is 0.480 e. The van der Waals surface area contributed by atoms with Gasteiger partial charge in [0.25, 0.3) is 0 Å². The molecule has 10 nitrogen and oxygen atoms in total. The molecule has 3 unspecified atom stereocenters. The van der Waals surface area contributed by atoms with Gasteiger partial charge in [0.15, 0.2) is 0 Å². The van der Waals surface area contributed by atoms with Gasteiger partial charge in [-0.1, -0.05) is 140 Å². The third-order valence-electron chi connectivity index (χ3n) is 8.89. The SMILES string of the molecule is CCCCCC/C=C\C/C=C\CCCCCCCCOCC(COP(=O)(O)OCC(N)C(=O)O)OC(=O)CCCCCCC/C=C\CCCCCCC. The smallest absolute Gasteiger partial charge is 0.472 e. The number of hydrogen-bond donors (Lipinski definition) is 3. The highest BCUT2D eigenvalue weighted by atomic mass is 31.2. The van der Waals surface area contributed by atoms with Gasteiger partial charge in [0.1, 0.15) is 12.1 Å². The Morgan fingerprint density at radius 2 is 1.04 bits per heavy atom. The van der Waals surface area contributed by atoms with Crippen molar-refractivity contribution in [1.82, 2.24) is 0 Å². The van der Waals surface area contributed by atoms with Crippen LogP contribution in [0, 0.1) is 0 Å². The van der Waals surface area contributed by atoms with Crippen LogP contribution in [-0.4, -0.2) is 60.5 Å². The van der Waals surface area contributed by atoms with E-state index in [0.717, 1.165) is 64.2 Å². The Labute approximate surface area is 323 Å². The van der Waals surface area contributed by atoms with Crippen LogP contribution in [0.2, 0.25) is 0 Å². The summed E-state index contributed by atoms with van der Waals surface area (Å²) in [6.07, 6.45) is 41.9. The van der Waals surface area contributed by atoms with Crippen LogP contribution in [0.5, 0.6) is 0 Å². The van der Waals surface area contributed by atoms with Crippen LogP contribution in [0.1, 0.15) is 181 Å². The van der Waals surface area contributed by atoms with Crippen LogP contribution in [0.3, 0.4) is 0 Å². The molecule has 0 rings (SSSR count). The molecule has 0 aromatic carbocycles. The first-order chi connectivity index (χ1) is 25.7. The molecule has 310 valence electrons. The molecule has 0 aliphatic heterocycles. The Bertz CT molecular complexity index is 988. The van der Waals surface area contributed by atoms with Gasteiger partial charge in [-0.25, -0.2) is 4.57 Å². The lowest BCUT2D eigenvalue weighted by molar-refractivity contribution is -0.154. The Morgan fingerprint density at radius 1 is 0.604 bits per heavy atom.